The van der Waals surface area contributed by atoms with Crippen LogP contribution in [-0.4, -0.2) is 22.2 Å². The molecule has 0 fully saturated rings. The van der Waals surface area contributed by atoms with Crippen molar-refractivity contribution in [1.29, 1.82) is 0 Å². The minimum Gasteiger partial charge on any atom is -0.379 e. The van der Waals surface area contributed by atoms with Gasteiger partial charge >= 0.3 is 0 Å². The fraction of sp³-hybridized carbons (Fsp3) is 0.444. The Morgan fingerprint density at radius 2 is 2.38 bits per heavy atom. The van der Waals surface area contributed by atoms with E-state index < -0.39 is 0 Å². The van der Waals surface area contributed by atoms with Crippen LogP contribution in [0.15, 0.2) is 18.3 Å². The van der Waals surface area contributed by atoms with Crippen molar-refractivity contribution in [2.75, 3.05) is 17.7 Å². The summed E-state index contributed by atoms with van der Waals surface area (Å²) in [5.41, 5.74) is 2.09. The van der Waals surface area contributed by atoms with Crippen LogP contribution < -0.4 is 5.32 Å². The molecular weight excluding hydrogens is 186 g/mol. The van der Waals surface area contributed by atoms with Gasteiger partial charge in [-0.05, 0) is 6.92 Å². The van der Waals surface area contributed by atoms with Crippen molar-refractivity contribution >= 4 is 17.3 Å². The second-order valence-electron chi connectivity index (χ2n) is 2.81. The average molecular weight is 200 g/mol. The molecule has 4 heteroatoms. The van der Waals surface area contributed by atoms with Crippen molar-refractivity contribution in [3.63, 3.8) is 0 Å². The Bertz CT molecular complexity index is 291. The zero-order valence-corrected chi connectivity index (χ0v) is 8.67. The summed E-state index contributed by atoms with van der Waals surface area (Å²) in [5.74, 6) is 0.563. The molecule has 0 amide bonds. The first-order chi connectivity index (χ1) is 6.24. The molecule has 0 saturated carbocycles. The fourth-order valence-corrected chi connectivity index (χ4v) is 1.21. The van der Waals surface area contributed by atoms with E-state index in [0.717, 1.165) is 17.9 Å². The quantitative estimate of drug-likeness (QED) is 0.593. The van der Waals surface area contributed by atoms with Crippen molar-refractivity contribution < 1.29 is 0 Å². The summed E-state index contributed by atoms with van der Waals surface area (Å²) in [5, 5.41) is 7.45. The lowest BCUT2D eigenvalue weighted by Crippen LogP contribution is -1.98. The standard InChI is InChI=1S/C9H14ClN3/c1-8-9(7-13(2)12-8)11-6-4-3-5-10/h3-4,7,11H,5-6H2,1-2H3/b4-3+. The predicted octanol–water partition coefficient (Wildman–Crippen LogP) is 1.94. The summed E-state index contributed by atoms with van der Waals surface area (Å²) in [6, 6.07) is 0. The van der Waals surface area contributed by atoms with Crippen molar-refractivity contribution in [2.45, 2.75) is 6.92 Å². The van der Waals surface area contributed by atoms with E-state index in [9.17, 15) is 0 Å². The molecule has 0 aliphatic rings. The Kier molecular flexibility index (Phi) is 3.83. The first kappa shape index (κ1) is 10.1. The van der Waals surface area contributed by atoms with Crippen LogP contribution in [-0.2, 0) is 7.05 Å². The molecule has 13 heavy (non-hydrogen) atoms. The van der Waals surface area contributed by atoms with Crippen molar-refractivity contribution in [1.82, 2.24) is 9.78 Å². The summed E-state index contributed by atoms with van der Waals surface area (Å²) in [6.07, 6.45) is 5.88. The molecule has 0 saturated heterocycles. The molecule has 1 aromatic rings. The number of halogens is 1. The Hall–Kier alpha value is -0.960. The number of rotatable bonds is 4. The molecule has 0 aromatic carbocycles. The van der Waals surface area contributed by atoms with Crippen LogP contribution in [0, 0.1) is 6.92 Å². The second kappa shape index (κ2) is 4.92. The smallest absolute Gasteiger partial charge is 0.0825 e. The van der Waals surface area contributed by atoms with Gasteiger partial charge in [-0.3, -0.25) is 4.68 Å². The number of aryl methyl sites for hydroxylation is 2. The van der Waals surface area contributed by atoms with E-state index in [2.05, 4.69) is 10.4 Å². The van der Waals surface area contributed by atoms with Crippen LogP contribution in [0.5, 0.6) is 0 Å². The molecular formula is C9H14ClN3. The minimum atomic E-state index is 0.563. The third kappa shape index (κ3) is 3.11. The molecule has 0 unspecified atom stereocenters. The van der Waals surface area contributed by atoms with Crippen LogP contribution in [0.4, 0.5) is 5.69 Å². The van der Waals surface area contributed by atoms with Gasteiger partial charge in [-0.2, -0.15) is 5.10 Å². The first-order valence-electron chi connectivity index (χ1n) is 4.19. The number of hydrogen-bond acceptors (Lipinski definition) is 2. The molecule has 72 valence electrons. The van der Waals surface area contributed by atoms with Crippen molar-refractivity contribution in [2.24, 2.45) is 7.05 Å². The maximum absolute atomic E-state index is 5.49. The molecule has 0 bridgehead atoms. The van der Waals surface area contributed by atoms with Crippen LogP contribution >= 0.6 is 11.6 Å². The summed E-state index contributed by atoms with van der Waals surface area (Å²) < 4.78 is 1.79. The summed E-state index contributed by atoms with van der Waals surface area (Å²) in [7, 11) is 1.91. The highest BCUT2D eigenvalue weighted by Crippen LogP contribution is 2.10. The largest absolute Gasteiger partial charge is 0.379 e. The molecule has 1 rings (SSSR count). The molecule has 0 spiro atoms. The molecule has 3 nitrogen and oxygen atoms in total. The zero-order chi connectivity index (χ0) is 9.68. The van der Waals surface area contributed by atoms with E-state index in [1.807, 2.05) is 32.3 Å². The lowest BCUT2D eigenvalue weighted by atomic mass is 10.4. The van der Waals surface area contributed by atoms with Gasteiger partial charge in [0.1, 0.15) is 0 Å². The van der Waals surface area contributed by atoms with Gasteiger partial charge in [0.05, 0.1) is 11.4 Å². The first-order valence-corrected chi connectivity index (χ1v) is 4.72. The molecule has 1 aromatic heterocycles. The second-order valence-corrected chi connectivity index (χ2v) is 3.12. The van der Waals surface area contributed by atoms with Gasteiger partial charge in [-0.25, -0.2) is 0 Å². The Morgan fingerprint density at radius 1 is 1.62 bits per heavy atom. The van der Waals surface area contributed by atoms with Crippen LogP contribution in [0.25, 0.3) is 0 Å². The monoisotopic (exact) mass is 199 g/mol. The highest BCUT2D eigenvalue weighted by atomic mass is 35.5. The van der Waals surface area contributed by atoms with Crippen LogP contribution in [0.2, 0.25) is 0 Å². The SMILES string of the molecule is Cc1nn(C)cc1NC/C=C/CCl. The van der Waals surface area contributed by atoms with E-state index in [-0.39, 0.29) is 0 Å². The highest BCUT2D eigenvalue weighted by molar-refractivity contribution is 6.18. The summed E-state index contributed by atoms with van der Waals surface area (Å²) in [6.45, 7) is 2.77. The third-order valence-corrected chi connectivity index (χ3v) is 1.86. The Balaban J connectivity index is 2.45. The number of anilines is 1. The summed E-state index contributed by atoms with van der Waals surface area (Å²) in [4.78, 5) is 0. The number of allylic oxidation sites excluding steroid dienone is 1. The molecule has 1 N–H and O–H groups in total. The maximum atomic E-state index is 5.49. The van der Waals surface area contributed by atoms with Gasteiger partial charge < -0.3 is 5.32 Å². The predicted molar refractivity (Wildman–Crippen MR) is 56.3 cm³/mol. The van der Waals surface area contributed by atoms with Crippen LogP contribution in [0.1, 0.15) is 5.69 Å². The van der Waals surface area contributed by atoms with Gasteiger partial charge in [-0.1, -0.05) is 12.2 Å². The van der Waals surface area contributed by atoms with Gasteiger partial charge in [0.15, 0.2) is 0 Å². The van der Waals surface area contributed by atoms with E-state index in [0.29, 0.717) is 5.88 Å². The van der Waals surface area contributed by atoms with Crippen molar-refractivity contribution in [3.05, 3.63) is 24.0 Å². The number of aromatic nitrogens is 2. The number of hydrogen-bond donors (Lipinski definition) is 1. The Morgan fingerprint density at radius 3 is 2.92 bits per heavy atom. The molecule has 0 radical (unpaired) electrons. The normalized spacial score (nSPS) is 11.0. The fourth-order valence-electron chi connectivity index (χ4n) is 1.09. The maximum Gasteiger partial charge on any atom is 0.0825 e. The average Bonchev–Trinajstić information content (AvgIpc) is 2.39. The zero-order valence-electron chi connectivity index (χ0n) is 7.92. The van der Waals surface area contributed by atoms with Gasteiger partial charge in [0, 0.05) is 25.7 Å². The highest BCUT2D eigenvalue weighted by Gasteiger charge is 1.99. The number of alkyl halides is 1. The molecule has 0 atom stereocenters. The third-order valence-electron chi connectivity index (χ3n) is 1.68. The van der Waals surface area contributed by atoms with E-state index in [1.165, 1.54) is 0 Å². The minimum absolute atomic E-state index is 0.563. The number of nitrogens with zero attached hydrogens (tertiary/aromatic N) is 2. The van der Waals surface area contributed by atoms with Gasteiger partial charge in [0.25, 0.3) is 0 Å². The van der Waals surface area contributed by atoms with Gasteiger partial charge in [0.2, 0.25) is 0 Å². The van der Waals surface area contributed by atoms with E-state index in [1.54, 1.807) is 4.68 Å². The van der Waals surface area contributed by atoms with E-state index >= 15 is 0 Å². The lowest BCUT2D eigenvalue weighted by molar-refractivity contribution is 0.756. The summed E-state index contributed by atoms with van der Waals surface area (Å²) >= 11 is 5.49. The topological polar surface area (TPSA) is 29.9 Å². The molecule has 0 aliphatic heterocycles. The molecule has 1 heterocycles. The van der Waals surface area contributed by atoms with E-state index in [4.69, 9.17) is 11.6 Å². The molecule has 0 aliphatic carbocycles. The lowest BCUT2D eigenvalue weighted by Gasteiger charge is -1.98. The Labute approximate surface area is 83.4 Å². The van der Waals surface area contributed by atoms with Crippen LogP contribution in [0.3, 0.4) is 0 Å². The van der Waals surface area contributed by atoms with Crippen molar-refractivity contribution in [3.8, 4) is 0 Å². The van der Waals surface area contributed by atoms with Gasteiger partial charge in [-0.15, -0.1) is 11.6 Å². The number of nitrogens with one attached hydrogen (secondary N) is 1.